The minimum Gasteiger partial charge on any atom is -0.338 e. The quantitative estimate of drug-likeness (QED) is 0.669. The molecule has 1 saturated heterocycles. The fourth-order valence-corrected chi connectivity index (χ4v) is 3.49. The lowest BCUT2D eigenvalue weighted by Gasteiger charge is -2.39. The summed E-state index contributed by atoms with van der Waals surface area (Å²) in [6.07, 6.45) is 2.61. The van der Waals surface area contributed by atoms with Gasteiger partial charge in [0.05, 0.1) is 23.0 Å². The molecule has 2 aliphatic rings. The maximum Gasteiger partial charge on any atom is 0.256 e. The zero-order valence-corrected chi connectivity index (χ0v) is 13.3. The van der Waals surface area contributed by atoms with E-state index in [4.69, 9.17) is 16.1 Å². The zero-order valence-electron chi connectivity index (χ0n) is 12.5. The first-order valence-corrected chi connectivity index (χ1v) is 8.18. The molecule has 1 aromatic carbocycles. The molecule has 1 atom stereocenters. The van der Waals surface area contributed by atoms with Crippen molar-refractivity contribution in [1.82, 2.24) is 24.6 Å². The Morgan fingerprint density at radius 2 is 2.21 bits per heavy atom. The number of carbonyl (C=O) groups is 1. The van der Waals surface area contributed by atoms with Crippen molar-refractivity contribution < 1.29 is 9.32 Å². The monoisotopic (exact) mass is 341 g/mol. The van der Waals surface area contributed by atoms with Crippen LogP contribution in [-0.4, -0.2) is 37.0 Å². The van der Waals surface area contributed by atoms with Crippen LogP contribution in [0.15, 0.2) is 35.1 Å². The number of hydrogen-bond donors (Lipinski definition) is 0. The van der Waals surface area contributed by atoms with Gasteiger partial charge in [-0.2, -0.15) is 4.98 Å². The summed E-state index contributed by atoms with van der Waals surface area (Å²) in [6, 6.07) is 7.54. The van der Waals surface area contributed by atoms with E-state index < -0.39 is 0 Å². The molecule has 2 aliphatic heterocycles. The van der Waals surface area contributed by atoms with Crippen molar-refractivity contribution in [1.29, 1.82) is 0 Å². The van der Waals surface area contributed by atoms with Gasteiger partial charge in [0.2, 0.25) is 11.7 Å². The standard InChI is InChI=1S/C16H12ClN5O2/c17-7-12-19-15(20-24-12)13-14-11-5-6-21(11)16(23)9-3-1-2-4-10(9)22(14)8-18-13/h1-4,8,11H,5-7H2/t11-/m0/s1. The highest BCUT2D eigenvalue weighted by atomic mass is 35.5. The number of rotatable bonds is 2. The number of nitrogens with zero attached hydrogens (tertiary/aromatic N) is 5. The Morgan fingerprint density at radius 1 is 1.33 bits per heavy atom. The maximum absolute atomic E-state index is 12.8. The Balaban J connectivity index is 1.75. The Hall–Kier alpha value is -2.67. The van der Waals surface area contributed by atoms with Crippen molar-refractivity contribution in [2.45, 2.75) is 18.3 Å². The normalized spacial score (nSPS) is 18.5. The Morgan fingerprint density at radius 3 is 2.96 bits per heavy atom. The molecular formula is C16H12ClN5O2. The molecular weight excluding hydrogens is 330 g/mol. The van der Waals surface area contributed by atoms with Crippen LogP contribution >= 0.6 is 11.6 Å². The van der Waals surface area contributed by atoms with E-state index in [2.05, 4.69) is 15.1 Å². The van der Waals surface area contributed by atoms with Gasteiger partial charge in [0.25, 0.3) is 5.91 Å². The van der Waals surface area contributed by atoms with Crippen molar-refractivity contribution in [2.75, 3.05) is 6.54 Å². The van der Waals surface area contributed by atoms with Crippen LogP contribution < -0.4 is 0 Å². The molecule has 2 aromatic heterocycles. The lowest BCUT2D eigenvalue weighted by atomic mass is 9.97. The minimum atomic E-state index is -0.0275. The largest absolute Gasteiger partial charge is 0.338 e. The predicted molar refractivity (Wildman–Crippen MR) is 84.8 cm³/mol. The topological polar surface area (TPSA) is 77.0 Å². The van der Waals surface area contributed by atoms with Gasteiger partial charge >= 0.3 is 0 Å². The predicted octanol–water partition coefficient (Wildman–Crippen LogP) is 2.56. The van der Waals surface area contributed by atoms with Gasteiger partial charge in [0.1, 0.15) is 17.9 Å². The third-order valence-electron chi connectivity index (χ3n) is 4.59. The van der Waals surface area contributed by atoms with Crippen molar-refractivity contribution >= 4 is 17.5 Å². The number of alkyl halides is 1. The average molecular weight is 342 g/mol. The number of carbonyl (C=O) groups excluding carboxylic acids is 1. The highest BCUT2D eigenvalue weighted by Crippen LogP contribution is 2.42. The average Bonchev–Trinajstić information content (AvgIpc) is 3.19. The number of benzene rings is 1. The first-order valence-electron chi connectivity index (χ1n) is 7.64. The number of imidazole rings is 1. The molecule has 24 heavy (non-hydrogen) atoms. The summed E-state index contributed by atoms with van der Waals surface area (Å²) in [6.45, 7) is 0.738. The van der Waals surface area contributed by atoms with Crippen molar-refractivity contribution in [3.05, 3.63) is 47.7 Å². The molecule has 0 saturated carbocycles. The third-order valence-corrected chi connectivity index (χ3v) is 4.82. The molecule has 3 aromatic rings. The molecule has 7 nitrogen and oxygen atoms in total. The molecule has 5 rings (SSSR count). The Kier molecular flexibility index (Phi) is 2.81. The van der Waals surface area contributed by atoms with Crippen LogP contribution in [0.1, 0.15) is 34.4 Å². The van der Waals surface area contributed by atoms with Crippen LogP contribution in [0.3, 0.4) is 0 Å². The van der Waals surface area contributed by atoms with Gasteiger partial charge in [-0.3, -0.25) is 9.36 Å². The number of amides is 1. The number of fused-ring (bicyclic) bond motifs is 5. The molecule has 1 amide bonds. The fraction of sp³-hybridized carbons (Fsp3) is 0.250. The van der Waals surface area contributed by atoms with Crippen molar-refractivity contribution in [3.63, 3.8) is 0 Å². The second-order valence-corrected chi connectivity index (χ2v) is 6.08. The van der Waals surface area contributed by atoms with Gasteiger partial charge in [0, 0.05) is 6.54 Å². The van der Waals surface area contributed by atoms with E-state index in [0.717, 1.165) is 24.3 Å². The summed E-state index contributed by atoms with van der Waals surface area (Å²) in [5.74, 6) is 0.952. The van der Waals surface area contributed by atoms with Crippen molar-refractivity contribution in [2.24, 2.45) is 0 Å². The van der Waals surface area contributed by atoms with E-state index in [1.165, 1.54) is 0 Å². The fourth-order valence-electron chi connectivity index (χ4n) is 3.38. The minimum absolute atomic E-state index is 0.0275. The first-order chi connectivity index (χ1) is 11.8. The van der Waals surface area contributed by atoms with Crippen LogP contribution in [0.25, 0.3) is 17.2 Å². The molecule has 120 valence electrons. The molecule has 8 heteroatoms. The number of hydrogen-bond acceptors (Lipinski definition) is 5. The van der Waals surface area contributed by atoms with Crippen LogP contribution in [0.2, 0.25) is 0 Å². The Labute approximate surface area is 141 Å². The van der Waals surface area contributed by atoms with E-state index in [9.17, 15) is 4.79 Å². The summed E-state index contributed by atoms with van der Waals surface area (Å²) < 4.78 is 7.07. The summed E-state index contributed by atoms with van der Waals surface area (Å²) in [4.78, 5) is 23.4. The Bertz CT molecular complexity index is 963. The van der Waals surface area contributed by atoms with E-state index in [0.29, 0.717) is 23.0 Å². The second kappa shape index (κ2) is 4.91. The lowest BCUT2D eigenvalue weighted by Crippen LogP contribution is -2.44. The van der Waals surface area contributed by atoms with Crippen LogP contribution in [0, 0.1) is 0 Å². The lowest BCUT2D eigenvalue weighted by molar-refractivity contribution is 0.0461. The molecule has 0 bridgehead atoms. The molecule has 0 radical (unpaired) electrons. The van der Waals surface area contributed by atoms with Gasteiger partial charge in [-0.1, -0.05) is 17.3 Å². The van der Waals surface area contributed by atoms with Gasteiger partial charge in [-0.05, 0) is 18.6 Å². The molecule has 0 unspecified atom stereocenters. The van der Waals surface area contributed by atoms with E-state index >= 15 is 0 Å². The molecule has 0 aliphatic carbocycles. The van der Waals surface area contributed by atoms with Crippen LogP contribution in [0.5, 0.6) is 0 Å². The van der Waals surface area contributed by atoms with Gasteiger partial charge < -0.3 is 9.42 Å². The second-order valence-electron chi connectivity index (χ2n) is 5.81. The first kappa shape index (κ1) is 13.7. The summed E-state index contributed by atoms with van der Waals surface area (Å²) in [7, 11) is 0. The third kappa shape index (κ3) is 1.73. The van der Waals surface area contributed by atoms with Gasteiger partial charge in [-0.15, -0.1) is 11.6 Å². The number of para-hydroxylation sites is 1. The van der Waals surface area contributed by atoms with Gasteiger partial charge in [-0.25, -0.2) is 4.98 Å². The molecule has 0 spiro atoms. The summed E-state index contributed by atoms with van der Waals surface area (Å²) in [5.41, 5.74) is 3.06. The molecule has 0 N–H and O–H groups in total. The van der Waals surface area contributed by atoms with Crippen molar-refractivity contribution in [3.8, 4) is 17.2 Å². The number of aromatic nitrogens is 4. The van der Waals surface area contributed by atoms with Crippen LogP contribution in [0.4, 0.5) is 0 Å². The zero-order chi connectivity index (χ0) is 16.3. The van der Waals surface area contributed by atoms with Gasteiger partial charge in [0.15, 0.2) is 0 Å². The van der Waals surface area contributed by atoms with E-state index in [-0.39, 0.29) is 17.8 Å². The highest BCUT2D eigenvalue weighted by molar-refractivity contribution is 6.16. The smallest absolute Gasteiger partial charge is 0.256 e. The van der Waals surface area contributed by atoms with E-state index in [1.54, 1.807) is 6.33 Å². The molecule has 1 fully saturated rings. The highest BCUT2D eigenvalue weighted by Gasteiger charge is 2.42. The number of halogens is 1. The summed E-state index contributed by atoms with van der Waals surface area (Å²) >= 11 is 5.75. The van der Waals surface area contributed by atoms with Crippen LogP contribution in [-0.2, 0) is 5.88 Å². The van der Waals surface area contributed by atoms with E-state index in [1.807, 2.05) is 33.7 Å². The SMILES string of the molecule is O=C1c2ccccc2-n2cnc(-c3noc(CCl)n3)c2[C@@H]2CCN12. The summed E-state index contributed by atoms with van der Waals surface area (Å²) in [5, 5.41) is 3.98. The maximum atomic E-state index is 12.8. The molecule has 4 heterocycles.